The summed E-state index contributed by atoms with van der Waals surface area (Å²) in [5.74, 6) is -0.660. The smallest absolute Gasteiger partial charge is 0.407 e. The highest BCUT2D eigenvalue weighted by Crippen LogP contribution is 2.27. The number of ether oxygens (including phenoxy) is 8. The molecule has 32 nitrogen and oxygen atoms in total. The first-order valence-corrected chi connectivity index (χ1v) is 28.1. The van der Waals surface area contributed by atoms with Gasteiger partial charge in [-0.25, -0.2) is 4.79 Å². The molecule has 0 radical (unpaired) electrons. The molecule has 4 aliphatic heterocycles. The standard InChI is InChI=1S/C30H48N2O15.C22H42N2O13/c33-14-19-22(36)24(38)26(40)28(46-19)44-12-10-18(16-45-29-27(41)25(39)23(37)20(15-34)47-29)31-21(35)9-5-2-6-11-32(30(42)43)13-17-7-3-1-4-8-17;23-6-3-1-2-4-14(27)24-11(10-35-22-20(33)18(31)16(29)13(9-26)37-22)5-7-34-21-19(32)17(30)15(28)12(8-25)36-21/h1,3-4,7-8,18-20,22-29,33-34,36-41H,2,5-6,9-16H2,(H,31,35)(H,42,43);11-13,15-22,25-26,28-33H,1-10,23H2,(H,24,27)/t18-,19+,20+,22+,23+,24-,25-,26-,27-,28-,29-;11-,12+,13+,15+,16+,17-,18-,19-,20-,21-,22-/m00/s1. The second-order valence-corrected chi connectivity index (χ2v) is 20.9. The van der Waals surface area contributed by atoms with Crippen molar-refractivity contribution in [3.63, 3.8) is 0 Å². The Hall–Kier alpha value is -3.57. The Morgan fingerprint density at radius 3 is 1.15 bits per heavy atom. The number of benzene rings is 1. The van der Waals surface area contributed by atoms with Crippen molar-refractivity contribution in [3.05, 3.63) is 35.9 Å². The summed E-state index contributed by atoms with van der Waals surface area (Å²) in [6.07, 6.45) is -26.4. The number of rotatable bonds is 33. The summed E-state index contributed by atoms with van der Waals surface area (Å²) in [7, 11) is 0. The van der Waals surface area contributed by atoms with Gasteiger partial charge in [0.15, 0.2) is 25.2 Å². The molecule has 5 rings (SSSR count). The summed E-state index contributed by atoms with van der Waals surface area (Å²) in [6.45, 7) is -2.25. The fraction of sp³-hybridized carbons (Fsp3) is 0.827. The fourth-order valence-corrected chi connectivity index (χ4v) is 9.31. The molecule has 486 valence electrons. The number of hydrogen-bond donors (Lipinski definition) is 20. The predicted molar refractivity (Wildman–Crippen MR) is 283 cm³/mol. The number of carbonyl (C=O) groups is 3. The van der Waals surface area contributed by atoms with Crippen LogP contribution >= 0.6 is 0 Å². The van der Waals surface area contributed by atoms with Crippen molar-refractivity contribution in [2.45, 2.75) is 206 Å². The number of aliphatic hydroxyl groups is 16. The van der Waals surface area contributed by atoms with Crippen molar-refractivity contribution in [1.29, 1.82) is 0 Å². The van der Waals surface area contributed by atoms with Crippen LogP contribution in [0, 0.1) is 0 Å². The van der Waals surface area contributed by atoms with E-state index in [-0.39, 0.29) is 77.0 Å². The zero-order valence-corrected chi connectivity index (χ0v) is 46.6. The first-order chi connectivity index (χ1) is 40.1. The molecule has 32 heteroatoms. The van der Waals surface area contributed by atoms with Gasteiger partial charge >= 0.3 is 6.09 Å². The summed E-state index contributed by atoms with van der Waals surface area (Å²) in [6, 6.07) is 7.71. The zero-order chi connectivity index (χ0) is 62.0. The topological polar surface area (TPSA) is 522 Å². The van der Waals surface area contributed by atoms with Crippen molar-refractivity contribution >= 4 is 17.9 Å². The van der Waals surface area contributed by atoms with Crippen LogP contribution in [0.25, 0.3) is 0 Å². The lowest BCUT2D eigenvalue weighted by atomic mass is 9.99. The van der Waals surface area contributed by atoms with E-state index in [2.05, 4.69) is 10.6 Å². The molecule has 1 aromatic carbocycles. The molecular weight excluding hydrogens is 1130 g/mol. The minimum absolute atomic E-state index is 0.0469. The molecule has 4 saturated heterocycles. The third kappa shape index (κ3) is 22.5. The van der Waals surface area contributed by atoms with Crippen LogP contribution in [0.3, 0.4) is 0 Å². The molecule has 0 aromatic heterocycles. The average molecular weight is 1220 g/mol. The number of amides is 3. The van der Waals surface area contributed by atoms with Crippen LogP contribution in [0.2, 0.25) is 0 Å². The van der Waals surface area contributed by atoms with Gasteiger partial charge in [0, 0.05) is 25.9 Å². The number of aliphatic hydroxyl groups excluding tert-OH is 16. The van der Waals surface area contributed by atoms with Gasteiger partial charge in [-0.3, -0.25) is 9.59 Å². The van der Waals surface area contributed by atoms with Crippen LogP contribution in [0.5, 0.6) is 0 Å². The molecule has 0 bridgehead atoms. The van der Waals surface area contributed by atoms with Gasteiger partial charge in [0.25, 0.3) is 0 Å². The minimum Gasteiger partial charge on any atom is -0.465 e. The third-order valence-electron chi connectivity index (χ3n) is 14.5. The van der Waals surface area contributed by atoms with Crippen LogP contribution in [0.1, 0.15) is 69.8 Å². The molecule has 22 atom stereocenters. The van der Waals surface area contributed by atoms with Gasteiger partial charge in [-0.15, -0.1) is 0 Å². The Morgan fingerprint density at radius 2 is 0.821 bits per heavy atom. The predicted octanol–water partition coefficient (Wildman–Crippen LogP) is -7.75. The normalized spacial score (nSPS) is 34.2. The first-order valence-electron chi connectivity index (χ1n) is 28.1. The largest absolute Gasteiger partial charge is 0.465 e. The summed E-state index contributed by atoms with van der Waals surface area (Å²) in [5, 5.41) is 173. The number of unbranched alkanes of at least 4 members (excludes halogenated alkanes) is 4. The third-order valence-corrected chi connectivity index (χ3v) is 14.5. The van der Waals surface area contributed by atoms with Crippen molar-refractivity contribution in [2.24, 2.45) is 5.73 Å². The van der Waals surface area contributed by atoms with Gasteiger partial charge in [-0.2, -0.15) is 0 Å². The molecule has 0 unspecified atom stereocenters. The Balaban J connectivity index is 0.000000371. The molecular formula is C52H90N4O28. The number of hydrogen-bond acceptors (Lipinski definition) is 28. The molecule has 4 heterocycles. The van der Waals surface area contributed by atoms with Crippen molar-refractivity contribution in [1.82, 2.24) is 15.5 Å². The lowest BCUT2D eigenvalue weighted by molar-refractivity contribution is -0.304. The molecule has 0 saturated carbocycles. The summed E-state index contributed by atoms with van der Waals surface area (Å²) in [4.78, 5) is 38.2. The van der Waals surface area contributed by atoms with Gasteiger partial charge in [0.1, 0.15) is 97.7 Å². The zero-order valence-electron chi connectivity index (χ0n) is 46.6. The molecule has 84 heavy (non-hydrogen) atoms. The second-order valence-electron chi connectivity index (χ2n) is 20.9. The number of carboxylic acid groups (broad SMARTS) is 1. The van der Waals surface area contributed by atoms with Crippen LogP contribution < -0.4 is 16.4 Å². The lowest BCUT2D eigenvalue weighted by Gasteiger charge is -2.40. The number of nitrogens with two attached hydrogens (primary N) is 1. The van der Waals surface area contributed by atoms with Gasteiger partial charge in [-0.05, 0) is 50.6 Å². The molecule has 4 fully saturated rings. The van der Waals surface area contributed by atoms with Gasteiger partial charge in [-0.1, -0.05) is 43.2 Å². The Labute approximate surface area is 484 Å². The monoisotopic (exact) mass is 1220 g/mol. The first kappa shape index (κ1) is 72.9. The molecule has 1 aromatic rings. The molecule has 3 amide bonds. The van der Waals surface area contributed by atoms with Crippen LogP contribution in [0.15, 0.2) is 30.3 Å². The minimum atomic E-state index is -1.67. The van der Waals surface area contributed by atoms with Gasteiger partial charge in [0.05, 0.1) is 64.9 Å². The van der Waals surface area contributed by atoms with E-state index in [1.807, 2.05) is 30.3 Å². The number of nitrogens with one attached hydrogen (secondary N) is 2. The van der Waals surface area contributed by atoms with E-state index in [1.165, 1.54) is 4.90 Å². The maximum Gasteiger partial charge on any atom is 0.407 e. The van der Waals surface area contributed by atoms with Crippen molar-refractivity contribution in [3.8, 4) is 0 Å². The highest BCUT2D eigenvalue weighted by atomic mass is 16.7. The van der Waals surface area contributed by atoms with Crippen LogP contribution in [0.4, 0.5) is 4.79 Å². The van der Waals surface area contributed by atoms with Crippen LogP contribution in [-0.4, -0.2) is 310 Å². The van der Waals surface area contributed by atoms with E-state index < -0.39 is 167 Å². The van der Waals surface area contributed by atoms with E-state index in [4.69, 9.17) is 43.6 Å². The van der Waals surface area contributed by atoms with E-state index in [0.29, 0.717) is 32.2 Å². The van der Waals surface area contributed by atoms with Crippen LogP contribution in [-0.2, 0) is 54.0 Å². The molecule has 0 aliphatic carbocycles. The fourth-order valence-electron chi connectivity index (χ4n) is 9.31. The maximum atomic E-state index is 12.8. The number of carbonyl (C=O) groups excluding carboxylic acids is 2. The molecule has 21 N–H and O–H groups in total. The molecule has 4 aliphatic rings. The van der Waals surface area contributed by atoms with Gasteiger partial charge in [0.2, 0.25) is 11.8 Å². The van der Waals surface area contributed by atoms with E-state index in [1.54, 1.807) is 0 Å². The summed E-state index contributed by atoms with van der Waals surface area (Å²) >= 11 is 0. The quantitative estimate of drug-likeness (QED) is 0.0291. The Kier molecular flexibility index (Phi) is 33.0. The summed E-state index contributed by atoms with van der Waals surface area (Å²) < 4.78 is 43.5. The SMILES string of the molecule is NCCCCCC(=O)N[C@@H](CCO[C@H]1O[C@H](CO)[C@@H](O)[C@H](O)[C@@H]1O)CO[C@H]1O[C@H](CO)[C@@H](O)[C@H](O)[C@@H]1O.O=C(CCCCCN(Cc1ccccc1)C(=O)O)N[C@@H](CCO[C@H]1O[C@H](CO)[C@@H](O)[C@H](O)[C@@H]1O)CO[C@H]1O[C@H](CO)[C@@H](O)[C@H](O)[C@@H]1O. The highest BCUT2D eigenvalue weighted by molar-refractivity contribution is 5.76. The van der Waals surface area contributed by atoms with E-state index >= 15 is 0 Å². The van der Waals surface area contributed by atoms with Crippen molar-refractivity contribution in [2.75, 3.05) is 65.9 Å². The molecule has 0 spiro atoms. The van der Waals surface area contributed by atoms with Crippen molar-refractivity contribution < 1.29 is 139 Å². The second kappa shape index (κ2) is 38.0. The van der Waals surface area contributed by atoms with E-state index in [9.17, 15) is 101 Å². The highest BCUT2D eigenvalue weighted by Gasteiger charge is 2.48. The van der Waals surface area contributed by atoms with E-state index in [0.717, 1.165) is 18.4 Å². The number of nitrogens with zero attached hydrogens (tertiary/aromatic N) is 1. The maximum absolute atomic E-state index is 12.8. The van der Waals surface area contributed by atoms with Gasteiger partial charge < -0.3 is 146 Å². The average Bonchev–Trinajstić information content (AvgIpc) is 3.63. The summed E-state index contributed by atoms with van der Waals surface area (Å²) in [5.41, 5.74) is 6.32. The Morgan fingerprint density at radius 1 is 0.476 bits per heavy atom. The Bertz CT molecular complexity index is 1990. The lowest BCUT2D eigenvalue weighted by Crippen LogP contribution is -2.59.